The van der Waals surface area contributed by atoms with Crippen LogP contribution in [0.2, 0.25) is 0 Å². The lowest BCUT2D eigenvalue weighted by molar-refractivity contribution is -0.118. The van der Waals surface area contributed by atoms with Crippen molar-refractivity contribution in [2.24, 2.45) is 0 Å². The molecular weight excluding hydrogens is 345 g/mol. The maximum Gasteiger partial charge on any atom is 0.231 e. The van der Waals surface area contributed by atoms with Gasteiger partial charge >= 0.3 is 0 Å². The SMILES string of the molecule is Cc1nn(-c2ccccc2)c(C)c1CC(=O)N1CCOc2ccc(F)cc21. The monoisotopic (exact) mass is 365 g/mol. The number of nitrogens with zero attached hydrogens (tertiary/aromatic N) is 3. The van der Waals surface area contributed by atoms with Crippen molar-refractivity contribution in [1.82, 2.24) is 9.78 Å². The summed E-state index contributed by atoms with van der Waals surface area (Å²) in [6.45, 7) is 4.66. The Morgan fingerprint density at radius 3 is 2.74 bits per heavy atom. The van der Waals surface area contributed by atoms with Crippen LogP contribution >= 0.6 is 0 Å². The van der Waals surface area contributed by atoms with Crippen molar-refractivity contribution in [3.8, 4) is 11.4 Å². The van der Waals surface area contributed by atoms with Crippen LogP contribution < -0.4 is 9.64 Å². The Morgan fingerprint density at radius 2 is 1.96 bits per heavy atom. The van der Waals surface area contributed by atoms with Crippen molar-refractivity contribution < 1.29 is 13.9 Å². The third-order valence-electron chi connectivity index (χ3n) is 4.86. The number of aromatic nitrogens is 2. The van der Waals surface area contributed by atoms with Crippen molar-refractivity contribution in [3.63, 3.8) is 0 Å². The van der Waals surface area contributed by atoms with Gasteiger partial charge in [0.1, 0.15) is 18.2 Å². The minimum atomic E-state index is -0.388. The van der Waals surface area contributed by atoms with Gasteiger partial charge in [0, 0.05) is 17.3 Å². The molecule has 0 aliphatic carbocycles. The largest absolute Gasteiger partial charge is 0.490 e. The summed E-state index contributed by atoms with van der Waals surface area (Å²) in [6, 6.07) is 14.1. The number of ether oxygens (including phenoxy) is 1. The third-order valence-corrected chi connectivity index (χ3v) is 4.86. The quantitative estimate of drug-likeness (QED) is 0.713. The molecule has 2 heterocycles. The molecule has 1 aliphatic heterocycles. The molecule has 0 unspecified atom stereocenters. The summed E-state index contributed by atoms with van der Waals surface area (Å²) in [4.78, 5) is 14.6. The molecule has 6 heteroatoms. The number of halogens is 1. The van der Waals surface area contributed by atoms with Crippen LogP contribution in [0.1, 0.15) is 17.0 Å². The number of amides is 1. The molecule has 0 fully saturated rings. The first-order chi connectivity index (χ1) is 13.0. The highest BCUT2D eigenvalue weighted by Gasteiger charge is 2.26. The van der Waals surface area contributed by atoms with Crippen LogP contribution in [-0.2, 0) is 11.2 Å². The van der Waals surface area contributed by atoms with E-state index in [1.807, 2.05) is 48.9 Å². The molecule has 2 aromatic carbocycles. The van der Waals surface area contributed by atoms with E-state index >= 15 is 0 Å². The van der Waals surface area contributed by atoms with E-state index < -0.39 is 0 Å². The van der Waals surface area contributed by atoms with Crippen LogP contribution in [0.4, 0.5) is 10.1 Å². The molecular formula is C21H20FN3O2. The number of fused-ring (bicyclic) bond motifs is 1. The van der Waals surface area contributed by atoms with E-state index in [-0.39, 0.29) is 18.1 Å². The van der Waals surface area contributed by atoms with Gasteiger partial charge in [0.05, 0.1) is 30.0 Å². The lowest BCUT2D eigenvalue weighted by Gasteiger charge is -2.29. The van der Waals surface area contributed by atoms with E-state index in [1.165, 1.54) is 12.1 Å². The van der Waals surface area contributed by atoms with Gasteiger partial charge in [-0.1, -0.05) is 18.2 Å². The molecule has 0 saturated heterocycles. The van der Waals surface area contributed by atoms with Crippen LogP contribution in [0.25, 0.3) is 5.69 Å². The number of carbonyl (C=O) groups is 1. The molecule has 0 saturated carbocycles. The Bertz CT molecular complexity index is 998. The number of hydrogen-bond acceptors (Lipinski definition) is 3. The van der Waals surface area contributed by atoms with Crippen LogP contribution in [0.15, 0.2) is 48.5 Å². The van der Waals surface area contributed by atoms with Crippen molar-refractivity contribution in [1.29, 1.82) is 0 Å². The number of anilines is 1. The molecule has 4 rings (SSSR count). The summed E-state index contributed by atoms with van der Waals surface area (Å²) < 4.78 is 21.1. The summed E-state index contributed by atoms with van der Waals surface area (Å²) in [7, 11) is 0. The Kier molecular flexibility index (Phi) is 4.39. The van der Waals surface area contributed by atoms with Crippen molar-refractivity contribution >= 4 is 11.6 Å². The molecule has 5 nitrogen and oxygen atoms in total. The first kappa shape index (κ1) is 17.3. The number of carbonyl (C=O) groups excluding carboxylic acids is 1. The van der Waals surface area contributed by atoms with Gasteiger partial charge in [0.15, 0.2) is 0 Å². The summed E-state index contributed by atoms with van der Waals surface area (Å²) in [5.41, 5.74) is 4.08. The number of benzene rings is 2. The van der Waals surface area contributed by atoms with Crippen LogP contribution in [0.3, 0.4) is 0 Å². The maximum absolute atomic E-state index is 13.7. The zero-order valence-electron chi connectivity index (χ0n) is 15.3. The molecule has 0 radical (unpaired) electrons. The lowest BCUT2D eigenvalue weighted by atomic mass is 10.1. The van der Waals surface area contributed by atoms with Gasteiger partial charge in [0.25, 0.3) is 0 Å². The predicted octanol–water partition coefficient (Wildman–Crippen LogP) is 3.60. The van der Waals surface area contributed by atoms with Crippen LogP contribution in [0.5, 0.6) is 5.75 Å². The van der Waals surface area contributed by atoms with E-state index in [2.05, 4.69) is 5.10 Å². The average Bonchev–Trinajstić information content (AvgIpc) is 2.96. The third kappa shape index (κ3) is 3.18. The number of rotatable bonds is 3. The van der Waals surface area contributed by atoms with Gasteiger partial charge in [-0.3, -0.25) is 4.79 Å². The summed E-state index contributed by atoms with van der Waals surface area (Å²) in [5, 5.41) is 4.60. The van der Waals surface area contributed by atoms with Gasteiger partial charge < -0.3 is 9.64 Å². The van der Waals surface area contributed by atoms with Gasteiger partial charge in [-0.05, 0) is 38.1 Å². The smallest absolute Gasteiger partial charge is 0.231 e. The number of aryl methyl sites for hydroxylation is 1. The normalized spacial score (nSPS) is 13.2. The maximum atomic E-state index is 13.7. The Hall–Kier alpha value is -3.15. The number of hydrogen-bond donors (Lipinski definition) is 0. The lowest BCUT2D eigenvalue weighted by Crippen LogP contribution is -2.39. The highest BCUT2D eigenvalue weighted by molar-refractivity contribution is 5.96. The molecule has 138 valence electrons. The first-order valence-electron chi connectivity index (χ1n) is 8.88. The van der Waals surface area contributed by atoms with Gasteiger partial charge in [-0.25, -0.2) is 9.07 Å². The van der Waals surface area contributed by atoms with E-state index in [1.54, 1.807) is 11.0 Å². The molecule has 0 spiro atoms. The molecule has 3 aromatic rings. The Labute approximate surface area is 157 Å². The zero-order valence-corrected chi connectivity index (χ0v) is 15.3. The van der Waals surface area contributed by atoms with Crippen LogP contribution in [-0.4, -0.2) is 28.8 Å². The van der Waals surface area contributed by atoms with Gasteiger partial charge in [0.2, 0.25) is 5.91 Å². The van der Waals surface area contributed by atoms with Crippen LogP contribution in [0, 0.1) is 19.7 Å². The molecule has 1 aliphatic rings. The topological polar surface area (TPSA) is 47.4 Å². The zero-order chi connectivity index (χ0) is 19.0. The standard InChI is InChI=1S/C21H20FN3O2/c1-14-18(15(2)25(23-14)17-6-4-3-5-7-17)13-21(26)24-10-11-27-20-9-8-16(22)12-19(20)24/h3-9,12H,10-11,13H2,1-2H3. The highest BCUT2D eigenvalue weighted by atomic mass is 19.1. The van der Waals surface area contributed by atoms with E-state index in [4.69, 9.17) is 4.74 Å². The van der Waals surface area contributed by atoms with E-state index in [0.717, 1.165) is 22.6 Å². The Balaban J connectivity index is 1.64. The first-order valence-corrected chi connectivity index (χ1v) is 8.88. The fourth-order valence-electron chi connectivity index (χ4n) is 3.45. The second kappa shape index (κ2) is 6.87. The van der Waals surface area contributed by atoms with Gasteiger partial charge in [-0.15, -0.1) is 0 Å². The van der Waals surface area contributed by atoms with Crippen molar-refractivity contribution in [2.75, 3.05) is 18.1 Å². The molecule has 1 amide bonds. The van der Waals surface area contributed by atoms with Gasteiger partial charge in [-0.2, -0.15) is 5.10 Å². The molecule has 0 bridgehead atoms. The predicted molar refractivity (Wildman–Crippen MR) is 101 cm³/mol. The molecule has 1 aromatic heterocycles. The molecule has 0 atom stereocenters. The van der Waals surface area contributed by atoms with E-state index in [0.29, 0.717) is 24.6 Å². The fraction of sp³-hybridized carbons (Fsp3) is 0.238. The second-order valence-electron chi connectivity index (χ2n) is 6.58. The molecule has 0 N–H and O–H groups in total. The van der Waals surface area contributed by atoms with E-state index in [9.17, 15) is 9.18 Å². The minimum Gasteiger partial charge on any atom is -0.490 e. The summed E-state index contributed by atoms with van der Waals surface area (Å²) in [5.74, 6) is 0.0506. The molecule has 27 heavy (non-hydrogen) atoms. The average molecular weight is 365 g/mol. The number of para-hydroxylation sites is 1. The second-order valence-corrected chi connectivity index (χ2v) is 6.58. The minimum absolute atomic E-state index is 0.0936. The van der Waals surface area contributed by atoms with Crippen molar-refractivity contribution in [2.45, 2.75) is 20.3 Å². The summed E-state index contributed by atoms with van der Waals surface area (Å²) >= 11 is 0. The highest BCUT2D eigenvalue weighted by Crippen LogP contribution is 2.33. The summed E-state index contributed by atoms with van der Waals surface area (Å²) in [6.07, 6.45) is 0.209. The fourth-order valence-corrected chi connectivity index (χ4v) is 3.45. The Morgan fingerprint density at radius 1 is 1.19 bits per heavy atom. The van der Waals surface area contributed by atoms with Crippen molar-refractivity contribution in [3.05, 3.63) is 71.3 Å².